The van der Waals surface area contributed by atoms with E-state index in [0.717, 1.165) is 5.39 Å². The highest BCUT2D eigenvalue weighted by molar-refractivity contribution is 6.00. The highest BCUT2D eigenvalue weighted by atomic mass is 16.6. The van der Waals surface area contributed by atoms with Crippen LogP contribution in [-0.2, 0) is 4.74 Å². The summed E-state index contributed by atoms with van der Waals surface area (Å²) in [5.74, 6) is 0.579. The Hall–Kier alpha value is -2.74. The first-order chi connectivity index (χ1) is 14.7. The van der Waals surface area contributed by atoms with Gasteiger partial charge in [0.05, 0.1) is 12.7 Å². The lowest BCUT2D eigenvalue weighted by Gasteiger charge is -2.35. The largest absolute Gasteiger partial charge is 0.487 e. The molecule has 1 atom stereocenters. The third kappa shape index (κ3) is 4.08. The second kappa shape index (κ2) is 8.07. The number of ether oxygens (including phenoxy) is 2. The minimum absolute atomic E-state index is 0.0468. The molecular formula is C23H30N2O6. The van der Waals surface area contributed by atoms with E-state index in [9.17, 15) is 14.7 Å². The van der Waals surface area contributed by atoms with Gasteiger partial charge in [0.15, 0.2) is 5.76 Å². The maximum Gasteiger partial charge on any atom is 0.409 e. The van der Waals surface area contributed by atoms with Gasteiger partial charge < -0.3 is 29.2 Å². The SMILES string of the molecule is CCOC(=O)N1CCC(NC(=O)c2oc3ccc4c(c3c2C)[C@@H](O)CC(C)(C)O4)CC1. The Kier molecular flexibility index (Phi) is 5.60. The van der Waals surface area contributed by atoms with Crippen LogP contribution in [0.25, 0.3) is 11.0 Å². The molecule has 0 radical (unpaired) electrons. The number of carbonyl (C=O) groups is 2. The molecule has 3 heterocycles. The molecule has 0 saturated carbocycles. The van der Waals surface area contributed by atoms with Crippen molar-refractivity contribution in [3.8, 4) is 5.75 Å². The molecule has 0 bridgehead atoms. The highest BCUT2D eigenvalue weighted by Crippen LogP contribution is 2.45. The predicted octanol–water partition coefficient (Wildman–Crippen LogP) is 3.69. The smallest absolute Gasteiger partial charge is 0.409 e. The predicted molar refractivity (Wildman–Crippen MR) is 114 cm³/mol. The first-order valence-corrected chi connectivity index (χ1v) is 10.9. The van der Waals surface area contributed by atoms with Crippen molar-refractivity contribution < 1.29 is 28.6 Å². The van der Waals surface area contributed by atoms with Gasteiger partial charge in [-0.15, -0.1) is 0 Å². The lowest BCUT2D eigenvalue weighted by Crippen LogP contribution is -2.46. The molecule has 0 spiro atoms. The Morgan fingerprint density at radius 1 is 1.29 bits per heavy atom. The number of carbonyl (C=O) groups excluding carboxylic acids is 2. The van der Waals surface area contributed by atoms with Crippen LogP contribution in [0.1, 0.15) is 67.8 Å². The van der Waals surface area contributed by atoms with Gasteiger partial charge in [0, 0.05) is 42.1 Å². The number of rotatable bonds is 3. The molecule has 31 heavy (non-hydrogen) atoms. The summed E-state index contributed by atoms with van der Waals surface area (Å²) < 4.78 is 17.0. The van der Waals surface area contributed by atoms with Gasteiger partial charge in [0.2, 0.25) is 0 Å². The molecule has 8 nitrogen and oxygen atoms in total. The summed E-state index contributed by atoms with van der Waals surface area (Å²) in [6.07, 6.45) is 0.766. The Bertz CT molecular complexity index is 1000. The van der Waals surface area contributed by atoms with Crippen molar-refractivity contribution in [1.29, 1.82) is 0 Å². The van der Waals surface area contributed by atoms with Crippen molar-refractivity contribution in [2.75, 3.05) is 19.7 Å². The third-order valence-corrected chi connectivity index (χ3v) is 6.06. The number of nitrogens with zero attached hydrogens (tertiary/aromatic N) is 1. The van der Waals surface area contributed by atoms with Gasteiger partial charge in [-0.25, -0.2) is 4.79 Å². The molecule has 0 unspecified atom stereocenters. The van der Waals surface area contributed by atoms with Crippen LogP contribution < -0.4 is 10.1 Å². The molecule has 168 valence electrons. The van der Waals surface area contributed by atoms with Gasteiger partial charge >= 0.3 is 6.09 Å². The Morgan fingerprint density at radius 3 is 2.68 bits per heavy atom. The van der Waals surface area contributed by atoms with E-state index in [2.05, 4.69) is 5.32 Å². The number of benzene rings is 1. The first kappa shape index (κ1) is 21.5. The summed E-state index contributed by atoms with van der Waals surface area (Å²) in [5.41, 5.74) is 1.47. The number of aliphatic hydroxyl groups excluding tert-OH is 1. The molecule has 0 aliphatic carbocycles. The fraction of sp³-hybridized carbons (Fsp3) is 0.565. The molecule has 2 aromatic rings. The number of likely N-dealkylation sites (tertiary alicyclic amines) is 1. The van der Waals surface area contributed by atoms with Gasteiger partial charge in [-0.05, 0) is 52.7 Å². The minimum Gasteiger partial charge on any atom is -0.487 e. The average Bonchev–Trinajstić information content (AvgIpc) is 3.04. The van der Waals surface area contributed by atoms with Crippen molar-refractivity contribution in [3.05, 3.63) is 29.0 Å². The second-order valence-corrected chi connectivity index (χ2v) is 8.92. The molecule has 1 aromatic carbocycles. The van der Waals surface area contributed by atoms with Crippen molar-refractivity contribution in [2.45, 2.75) is 64.7 Å². The number of hydrogen-bond donors (Lipinski definition) is 2. The molecular weight excluding hydrogens is 400 g/mol. The molecule has 2 N–H and O–H groups in total. The van der Waals surface area contributed by atoms with Crippen molar-refractivity contribution in [3.63, 3.8) is 0 Å². The molecule has 4 rings (SSSR count). The van der Waals surface area contributed by atoms with E-state index in [0.29, 0.717) is 61.4 Å². The van der Waals surface area contributed by atoms with Crippen LogP contribution in [0.4, 0.5) is 4.79 Å². The number of amides is 2. The normalized spacial score (nSPS) is 20.8. The fourth-order valence-electron chi connectivity index (χ4n) is 4.57. The number of aryl methyl sites for hydroxylation is 1. The maximum absolute atomic E-state index is 13.0. The number of furan rings is 1. The molecule has 2 aliphatic rings. The number of hydrogen-bond acceptors (Lipinski definition) is 6. The zero-order valence-corrected chi connectivity index (χ0v) is 18.5. The van der Waals surface area contributed by atoms with Crippen LogP contribution in [0.5, 0.6) is 5.75 Å². The number of piperidine rings is 1. The van der Waals surface area contributed by atoms with E-state index in [1.54, 1.807) is 24.0 Å². The van der Waals surface area contributed by atoms with Crippen LogP contribution in [0, 0.1) is 6.92 Å². The zero-order valence-electron chi connectivity index (χ0n) is 18.5. The van der Waals surface area contributed by atoms with Crippen molar-refractivity contribution in [2.24, 2.45) is 0 Å². The quantitative estimate of drug-likeness (QED) is 0.770. The zero-order chi connectivity index (χ0) is 22.3. The molecule has 2 aliphatic heterocycles. The van der Waals surface area contributed by atoms with Crippen molar-refractivity contribution >= 4 is 23.0 Å². The van der Waals surface area contributed by atoms with E-state index in [1.807, 2.05) is 20.8 Å². The van der Waals surface area contributed by atoms with Crippen LogP contribution in [0.3, 0.4) is 0 Å². The minimum atomic E-state index is -0.693. The molecule has 8 heteroatoms. The van der Waals surface area contributed by atoms with E-state index in [1.165, 1.54) is 0 Å². The van der Waals surface area contributed by atoms with Crippen LogP contribution in [-0.4, -0.2) is 53.3 Å². The van der Waals surface area contributed by atoms with Gasteiger partial charge in [-0.1, -0.05) is 0 Å². The van der Waals surface area contributed by atoms with E-state index in [4.69, 9.17) is 13.9 Å². The van der Waals surface area contributed by atoms with E-state index < -0.39 is 11.7 Å². The van der Waals surface area contributed by atoms with E-state index in [-0.39, 0.29) is 23.8 Å². The lowest BCUT2D eigenvalue weighted by atomic mass is 9.89. The van der Waals surface area contributed by atoms with Crippen LogP contribution >= 0.6 is 0 Å². The highest BCUT2D eigenvalue weighted by Gasteiger charge is 2.36. The molecule has 1 aromatic heterocycles. The average molecular weight is 431 g/mol. The summed E-state index contributed by atoms with van der Waals surface area (Å²) in [6, 6.07) is 3.52. The summed E-state index contributed by atoms with van der Waals surface area (Å²) in [6.45, 7) is 8.92. The van der Waals surface area contributed by atoms with Gasteiger partial charge in [0.1, 0.15) is 16.9 Å². The van der Waals surface area contributed by atoms with Crippen LogP contribution in [0.2, 0.25) is 0 Å². The summed E-state index contributed by atoms with van der Waals surface area (Å²) in [7, 11) is 0. The number of fused-ring (bicyclic) bond motifs is 3. The summed E-state index contributed by atoms with van der Waals surface area (Å²) in [5, 5.41) is 14.5. The monoisotopic (exact) mass is 430 g/mol. The van der Waals surface area contributed by atoms with E-state index >= 15 is 0 Å². The molecule has 1 fully saturated rings. The molecule has 1 saturated heterocycles. The van der Waals surface area contributed by atoms with Crippen molar-refractivity contribution in [1.82, 2.24) is 10.2 Å². The number of nitrogens with one attached hydrogen (secondary N) is 1. The number of aliphatic hydroxyl groups is 1. The Morgan fingerprint density at radius 2 is 2.00 bits per heavy atom. The Balaban J connectivity index is 1.52. The summed E-state index contributed by atoms with van der Waals surface area (Å²) in [4.78, 5) is 26.5. The van der Waals surface area contributed by atoms with Crippen LogP contribution in [0.15, 0.2) is 16.5 Å². The standard InChI is InChI=1S/C23H30N2O6/c1-5-29-22(28)25-10-8-14(9-11-25)24-21(27)20-13(2)18-16(30-20)6-7-17-19(18)15(26)12-23(3,4)31-17/h6-7,14-15,26H,5,8-12H2,1-4H3,(H,24,27)/t15-/m0/s1. The van der Waals surface area contributed by atoms with Gasteiger partial charge in [-0.3, -0.25) is 4.79 Å². The van der Waals surface area contributed by atoms with Gasteiger partial charge in [-0.2, -0.15) is 0 Å². The maximum atomic E-state index is 13.0. The first-order valence-electron chi connectivity index (χ1n) is 10.9. The lowest BCUT2D eigenvalue weighted by molar-refractivity contribution is 0.0126. The summed E-state index contributed by atoms with van der Waals surface area (Å²) >= 11 is 0. The fourth-order valence-corrected chi connectivity index (χ4v) is 4.57. The van der Waals surface area contributed by atoms with Gasteiger partial charge in [0.25, 0.3) is 5.91 Å². The third-order valence-electron chi connectivity index (χ3n) is 6.06. The molecule has 2 amide bonds. The topological polar surface area (TPSA) is 101 Å². The Labute approximate surface area is 181 Å². The second-order valence-electron chi connectivity index (χ2n) is 8.92.